The smallest absolute Gasteiger partial charge is 0.160 e. The van der Waals surface area contributed by atoms with Crippen LogP contribution in [0.1, 0.15) is 0 Å². The lowest BCUT2D eigenvalue weighted by molar-refractivity contribution is 0.411. The Balaban J connectivity index is 2.46. The Morgan fingerprint density at radius 3 is 2.44 bits per heavy atom. The van der Waals surface area contributed by atoms with Gasteiger partial charge in [-0.25, -0.2) is 9.97 Å². The van der Waals surface area contributed by atoms with Gasteiger partial charge in [-0.05, 0) is 12.1 Å². The number of aromatic nitrogens is 2. The van der Waals surface area contributed by atoms with E-state index >= 15 is 0 Å². The van der Waals surface area contributed by atoms with Crippen molar-refractivity contribution in [1.82, 2.24) is 9.97 Å². The molecule has 0 saturated carbocycles. The minimum Gasteiger partial charge on any atom is -0.494 e. The molecule has 3 nitrogen and oxygen atoms in total. The summed E-state index contributed by atoms with van der Waals surface area (Å²) in [6, 6.07) is 5.34. The maximum absolute atomic E-state index is 6.06. The number of nitrogens with zero attached hydrogens (tertiary/aromatic N) is 2. The zero-order chi connectivity index (χ0) is 11.5. The maximum Gasteiger partial charge on any atom is 0.160 e. The van der Waals surface area contributed by atoms with Crippen LogP contribution < -0.4 is 4.74 Å². The molecule has 0 aliphatic carbocycles. The van der Waals surface area contributed by atoms with E-state index in [2.05, 4.69) is 9.97 Å². The van der Waals surface area contributed by atoms with Crippen molar-refractivity contribution in [2.24, 2.45) is 0 Å². The number of hydrogen-bond acceptors (Lipinski definition) is 3. The van der Waals surface area contributed by atoms with Crippen LogP contribution in [0.4, 0.5) is 0 Å². The summed E-state index contributed by atoms with van der Waals surface area (Å²) in [5, 5.41) is 0.938. The zero-order valence-corrected chi connectivity index (χ0v) is 9.96. The molecule has 1 aromatic heterocycles. The van der Waals surface area contributed by atoms with E-state index in [9.17, 15) is 0 Å². The third kappa shape index (κ3) is 2.10. The lowest BCUT2D eigenvalue weighted by atomic mass is 10.2. The first-order valence-electron chi connectivity index (χ1n) is 4.53. The average molecular weight is 255 g/mol. The first kappa shape index (κ1) is 11.2. The molecule has 0 atom stereocenters. The van der Waals surface area contributed by atoms with E-state index in [-0.39, 0.29) is 0 Å². The van der Waals surface area contributed by atoms with Crippen molar-refractivity contribution in [3.8, 4) is 17.1 Å². The molecule has 5 heteroatoms. The molecule has 2 aromatic rings. The molecule has 1 aromatic carbocycles. The van der Waals surface area contributed by atoms with Crippen molar-refractivity contribution in [3.05, 3.63) is 40.6 Å². The number of ether oxygens (including phenoxy) is 1. The number of methoxy groups -OCH3 is 1. The Morgan fingerprint density at radius 2 is 1.81 bits per heavy atom. The van der Waals surface area contributed by atoms with E-state index in [1.54, 1.807) is 31.6 Å². The zero-order valence-electron chi connectivity index (χ0n) is 8.45. The number of halogens is 2. The summed E-state index contributed by atoms with van der Waals surface area (Å²) >= 11 is 12.0. The second kappa shape index (κ2) is 4.68. The lowest BCUT2D eigenvalue weighted by Crippen LogP contribution is -1.91. The van der Waals surface area contributed by atoms with Crippen LogP contribution in [-0.2, 0) is 0 Å². The van der Waals surface area contributed by atoms with Gasteiger partial charge in [0.25, 0.3) is 0 Å². The van der Waals surface area contributed by atoms with Gasteiger partial charge in [-0.1, -0.05) is 29.3 Å². The molecular weight excluding hydrogens is 247 g/mol. The first-order valence-corrected chi connectivity index (χ1v) is 5.28. The normalized spacial score (nSPS) is 10.2. The van der Waals surface area contributed by atoms with Gasteiger partial charge >= 0.3 is 0 Å². The molecule has 0 N–H and O–H groups in total. The van der Waals surface area contributed by atoms with Crippen LogP contribution in [-0.4, -0.2) is 17.1 Å². The van der Waals surface area contributed by atoms with Crippen LogP contribution in [0, 0.1) is 0 Å². The van der Waals surface area contributed by atoms with Gasteiger partial charge in [-0.2, -0.15) is 0 Å². The van der Waals surface area contributed by atoms with E-state index in [1.807, 2.05) is 6.07 Å². The van der Waals surface area contributed by atoms with Crippen LogP contribution in [0.2, 0.25) is 10.0 Å². The topological polar surface area (TPSA) is 35.0 Å². The minimum absolute atomic E-state index is 0.453. The van der Waals surface area contributed by atoms with Crippen molar-refractivity contribution < 1.29 is 4.74 Å². The van der Waals surface area contributed by atoms with Gasteiger partial charge in [0.05, 0.1) is 29.5 Å². The molecule has 0 spiro atoms. The van der Waals surface area contributed by atoms with Crippen molar-refractivity contribution in [2.45, 2.75) is 0 Å². The Labute approximate surface area is 103 Å². The first-order chi connectivity index (χ1) is 7.72. The highest BCUT2D eigenvalue weighted by Crippen LogP contribution is 2.31. The van der Waals surface area contributed by atoms with Crippen molar-refractivity contribution in [1.29, 1.82) is 0 Å². The highest BCUT2D eigenvalue weighted by atomic mass is 35.5. The van der Waals surface area contributed by atoms with Gasteiger partial charge in [-0.15, -0.1) is 0 Å². The monoisotopic (exact) mass is 254 g/mol. The standard InChI is InChI=1S/C11H8Cl2N2O/c1-16-7-5-14-11(15-6-7)8-3-2-4-9(12)10(8)13/h2-6H,1H3. The van der Waals surface area contributed by atoms with Gasteiger partial charge in [-0.3, -0.25) is 0 Å². The molecule has 0 aliphatic heterocycles. The largest absolute Gasteiger partial charge is 0.494 e. The molecule has 82 valence electrons. The summed E-state index contributed by atoms with van der Waals surface area (Å²) in [6.45, 7) is 0. The number of hydrogen-bond donors (Lipinski definition) is 0. The summed E-state index contributed by atoms with van der Waals surface area (Å²) in [5.74, 6) is 1.12. The Hall–Kier alpha value is -1.32. The van der Waals surface area contributed by atoms with E-state index in [1.165, 1.54) is 0 Å². The van der Waals surface area contributed by atoms with Crippen LogP contribution in [0.15, 0.2) is 30.6 Å². The molecule has 0 saturated heterocycles. The van der Waals surface area contributed by atoms with Crippen molar-refractivity contribution >= 4 is 23.2 Å². The van der Waals surface area contributed by atoms with Gasteiger partial charge in [0.2, 0.25) is 0 Å². The molecule has 0 aliphatic rings. The molecule has 0 bridgehead atoms. The fraction of sp³-hybridized carbons (Fsp3) is 0.0909. The van der Waals surface area contributed by atoms with E-state index in [4.69, 9.17) is 27.9 Å². The molecule has 16 heavy (non-hydrogen) atoms. The van der Waals surface area contributed by atoms with Crippen molar-refractivity contribution in [3.63, 3.8) is 0 Å². The molecular formula is C11H8Cl2N2O. The number of rotatable bonds is 2. The van der Waals surface area contributed by atoms with Gasteiger partial charge < -0.3 is 4.74 Å². The second-order valence-corrected chi connectivity index (χ2v) is 3.83. The minimum atomic E-state index is 0.453. The summed E-state index contributed by atoms with van der Waals surface area (Å²) in [6.07, 6.45) is 3.17. The third-order valence-corrected chi connectivity index (χ3v) is 2.88. The fourth-order valence-corrected chi connectivity index (χ4v) is 1.62. The molecule has 0 amide bonds. The van der Waals surface area contributed by atoms with Crippen LogP contribution in [0.5, 0.6) is 5.75 Å². The molecule has 0 unspecified atom stereocenters. The Bertz CT molecular complexity index is 500. The van der Waals surface area contributed by atoms with Gasteiger partial charge in [0, 0.05) is 5.56 Å². The molecule has 0 radical (unpaired) electrons. The molecule has 0 fully saturated rings. The Kier molecular flexibility index (Phi) is 3.27. The van der Waals surface area contributed by atoms with E-state index < -0.39 is 0 Å². The van der Waals surface area contributed by atoms with E-state index in [0.717, 1.165) is 0 Å². The predicted octanol–water partition coefficient (Wildman–Crippen LogP) is 3.46. The summed E-state index contributed by atoms with van der Waals surface area (Å²) in [7, 11) is 1.56. The highest BCUT2D eigenvalue weighted by molar-refractivity contribution is 6.43. The molecule has 1 heterocycles. The van der Waals surface area contributed by atoms with Crippen LogP contribution in [0.3, 0.4) is 0 Å². The summed E-state index contributed by atoms with van der Waals surface area (Å²) in [5.41, 5.74) is 0.705. The number of benzene rings is 1. The Morgan fingerprint density at radius 1 is 1.12 bits per heavy atom. The fourth-order valence-electron chi connectivity index (χ4n) is 1.24. The maximum atomic E-state index is 6.06. The third-order valence-electron chi connectivity index (χ3n) is 2.06. The van der Waals surface area contributed by atoms with E-state index in [0.29, 0.717) is 27.2 Å². The lowest BCUT2D eigenvalue weighted by Gasteiger charge is -2.04. The van der Waals surface area contributed by atoms with Gasteiger partial charge in [0.1, 0.15) is 0 Å². The highest BCUT2D eigenvalue weighted by Gasteiger charge is 2.08. The van der Waals surface area contributed by atoms with Gasteiger partial charge in [0.15, 0.2) is 11.6 Å². The van der Waals surface area contributed by atoms with Crippen LogP contribution in [0.25, 0.3) is 11.4 Å². The molecule has 2 rings (SSSR count). The summed E-state index contributed by atoms with van der Waals surface area (Å²) in [4.78, 5) is 8.29. The second-order valence-electron chi connectivity index (χ2n) is 3.05. The predicted molar refractivity (Wildman–Crippen MR) is 64.0 cm³/mol. The SMILES string of the molecule is COc1cnc(-c2cccc(Cl)c2Cl)nc1. The quantitative estimate of drug-likeness (QED) is 0.824. The van der Waals surface area contributed by atoms with Crippen LogP contribution >= 0.6 is 23.2 Å². The van der Waals surface area contributed by atoms with Crippen molar-refractivity contribution in [2.75, 3.05) is 7.11 Å². The summed E-state index contributed by atoms with van der Waals surface area (Å²) < 4.78 is 4.97. The average Bonchev–Trinajstić information content (AvgIpc) is 2.33.